The minimum Gasteiger partial charge on any atom is -0.495 e. The molecule has 3 N–H and O–H groups in total. The van der Waals surface area contributed by atoms with Gasteiger partial charge in [0.25, 0.3) is 0 Å². The van der Waals surface area contributed by atoms with Crippen molar-refractivity contribution < 1.29 is 37.3 Å². The number of nitro benzene ring substituents is 1. The van der Waals surface area contributed by atoms with Crippen molar-refractivity contribution in [1.82, 2.24) is 4.90 Å². The number of carbonyl (C=O) groups excluding carboxylic acids is 1. The number of aliphatic hydroxyl groups excluding tert-OH is 1. The number of hydrogen-bond donors (Lipinski definition) is 2. The summed E-state index contributed by atoms with van der Waals surface area (Å²) in [7, 11) is -4.26. The highest BCUT2D eigenvalue weighted by molar-refractivity contribution is 5.69. The number of piperazine rings is 1. The molecule has 12 heteroatoms. The Morgan fingerprint density at radius 3 is 1.93 bits per heavy atom. The molecule has 2 fully saturated rings. The van der Waals surface area contributed by atoms with Crippen LogP contribution in [-0.2, 0) is 4.74 Å². The van der Waals surface area contributed by atoms with Gasteiger partial charge in [-0.05, 0) is 58.2 Å². The molecule has 12 nitrogen and oxygen atoms in total. The standard InChI is InChI=1S/C16H23N3O5.C12H18N2O.CH4O.2CH4/c1-16(2,3)24-15(20)18-9-7-17(8-10-18)12-5-6-13(19(21)22)14(11-12)23-4;1-15-12-9-10(5-6-11(12)13)14-7-3-2-4-8-14;1-2;;/h5-6,11H,7-10H2,1-4H3;5-6,9H,2-4,7-8,13H2,1H3;2H,1H3;2*1H4/i4D3;1D3;;;. The Balaban J connectivity index is 0.000000915. The molecule has 0 spiro atoms. The number of piperidine rings is 1. The zero-order valence-electron chi connectivity index (χ0n) is 30.1. The second kappa shape index (κ2) is 18.6. The van der Waals surface area contributed by atoms with E-state index in [0.717, 1.165) is 25.9 Å². The smallest absolute Gasteiger partial charge is 0.410 e. The fourth-order valence-corrected chi connectivity index (χ4v) is 4.37. The van der Waals surface area contributed by atoms with Crippen molar-refractivity contribution in [2.75, 3.05) is 76.0 Å². The van der Waals surface area contributed by atoms with E-state index in [0.29, 0.717) is 37.6 Å². The van der Waals surface area contributed by atoms with Gasteiger partial charge in [0, 0.05) is 76.0 Å². The quantitative estimate of drug-likeness (QED) is 0.241. The normalized spacial score (nSPS) is 17.0. The van der Waals surface area contributed by atoms with Crippen LogP contribution < -0.4 is 25.0 Å². The molecule has 0 bridgehead atoms. The molecule has 0 saturated carbocycles. The summed E-state index contributed by atoms with van der Waals surface area (Å²) in [5.74, 6) is -0.0786. The Morgan fingerprint density at radius 1 is 0.884 bits per heavy atom. The van der Waals surface area contributed by atoms with E-state index in [4.69, 9.17) is 33.3 Å². The zero-order valence-corrected chi connectivity index (χ0v) is 24.1. The first-order valence-electron chi connectivity index (χ1n) is 16.3. The number of nitrogens with zero attached hydrogens (tertiary/aromatic N) is 4. The molecule has 0 aromatic heterocycles. The number of nitrogens with two attached hydrogens (primary N) is 1. The number of nitrogen functional groups attached to an aromatic ring is 1. The highest BCUT2D eigenvalue weighted by Gasteiger charge is 2.27. The monoisotopic (exact) mass is 613 g/mol. The van der Waals surface area contributed by atoms with E-state index in [1.165, 1.54) is 37.5 Å². The summed E-state index contributed by atoms with van der Waals surface area (Å²) in [5.41, 5.74) is 6.66. The molecule has 1 amide bonds. The molecule has 2 aromatic carbocycles. The largest absolute Gasteiger partial charge is 0.495 e. The minimum absolute atomic E-state index is 0. The highest BCUT2D eigenvalue weighted by atomic mass is 16.6. The summed E-state index contributed by atoms with van der Waals surface area (Å²) in [6, 6.07) is 9.42. The minimum atomic E-state index is -2.79. The Bertz CT molecular complexity index is 1330. The third-order valence-electron chi connectivity index (χ3n) is 6.37. The van der Waals surface area contributed by atoms with E-state index in [-0.39, 0.29) is 26.4 Å². The average molecular weight is 614 g/mol. The van der Waals surface area contributed by atoms with Gasteiger partial charge < -0.3 is 39.8 Å². The lowest BCUT2D eigenvalue weighted by atomic mass is 10.1. The Hall–Kier alpha value is -3.93. The van der Waals surface area contributed by atoms with Crippen LogP contribution in [0.4, 0.5) is 27.5 Å². The number of methoxy groups -OCH3 is 2. The molecule has 2 heterocycles. The summed E-state index contributed by atoms with van der Waals surface area (Å²) >= 11 is 0. The Labute approximate surface area is 265 Å². The Kier molecular flexibility index (Phi) is 12.6. The zero-order chi connectivity index (χ0) is 35.6. The number of aliphatic hydroxyl groups is 1. The lowest BCUT2D eigenvalue weighted by Crippen LogP contribution is -2.50. The van der Waals surface area contributed by atoms with Gasteiger partial charge in [0.05, 0.1) is 32.9 Å². The van der Waals surface area contributed by atoms with Crippen molar-refractivity contribution in [3.05, 3.63) is 46.5 Å². The molecule has 2 aliphatic heterocycles. The van der Waals surface area contributed by atoms with Gasteiger partial charge in [0.1, 0.15) is 11.4 Å². The fraction of sp³-hybridized carbons (Fsp3) is 0.581. The third-order valence-corrected chi connectivity index (χ3v) is 6.37. The maximum atomic E-state index is 12.1. The molecule has 4 rings (SSSR count). The van der Waals surface area contributed by atoms with Crippen molar-refractivity contribution in [2.45, 2.75) is 60.5 Å². The molecule has 0 unspecified atom stereocenters. The van der Waals surface area contributed by atoms with Gasteiger partial charge in [-0.2, -0.15) is 0 Å². The molecule has 43 heavy (non-hydrogen) atoms. The SMILES string of the molecule is C.C.CO.[2H]C([2H])([2H])Oc1cc(N2CCCCC2)ccc1N.[2H]C([2H])([2H])Oc1cc(N2CCN(C(=O)OC(C)(C)C)CC2)ccc1[N+](=O)[O-]. The van der Waals surface area contributed by atoms with E-state index in [9.17, 15) is 14.9 Å². The highest BCUT2D eigenvalue weighted by Crippen LogP contribution is 2.32. The number of hydrogen-bond acceptors (Lipinski definition) is 10. The maximum Gasteiger partial charge on any atom is 0.410 e. The predicted molar refractivity (Wildman–Crippen MR) is 175 cm³/mol. The lowest BCUT2D eigenvalue weighted by molar-refractivity contribution is -0.385. The van der Waals surface area contributed by atoms with Crippen molar-refractivity contribution in [1.29, 1.82) is 0 Å². The van der Waals surface area contributed by atoms with Crippen LogP contribution in [0.25, 0.3) is 0 Å². The van der Waals surface area contributed by atoms with Gasteiger partial charge >= 0.3 is 11.8 Å². The third kappa shape index (κ3) is 11.7. The van der Waals surface area contributed by atoms with Gasteiger partial charge in [-0.1, -0.05) is 14.9 Å². The molecule has 0 atom stereocenters. The van der Waals surface area contributed by atoms with Gasteiger partial charge in [0.15, 0.2) is 5.75 Å². The fourth-order valence-electron chi connectivity index (χ4n) is 4.37. The van der Waals surface area contributed by atoms with Crippen LogP contribution in [-0.4, -0.2) is 87.1 Å². The topological polar surface area (TPSA) is 144 Å². The summed E-state index contributed by atoms with van der Waals surface area (Å²) in [4.78, 5) is 28.2. The predicted octanol–water partition coefficient (Wildman–Crippen LogP) is 5.81. The molecule has 2 saturated heterocycles. The first-order valence-corrected chi connectivity index (χ1v) is 13.3. The number of anilines is 3. The molecular formula is C31H53N5O7. The van der Waals surface area contributed by atoms with Crippen molar-refractivity contribution in [3.63, 3.8) is 0 Å². The molecule has 0 aliphatic carbocycles. The molecule has 0 radical (unpaired) electrons. The summed E-state index contributed by atoms with van der Waals surface area (Å²) < 4.78 is 58.0. The lowest BCUT2D eigenvalue weighted by Gasteiger charge is -2.36. The van der Waals surface area contributed by atoms with Gasteiger partial charge in [-0.15, -0.1) is 0 Å². The van der Waals surface area contributed by atoms with Gasteiger partial charge in [-0.3, -0.25) is 10.1 Å². The van der Waals surface area contributed by atoms with E-state index in [1.807, 2.05) is 11.0 Å². The number of amides is 1. The number of ether oxygens (including phenoxy) is 3. The number of nitro groups is 1. The van der Waals surface area contributed by atoms with Crippen LogP contribution in [0.1, 0.15) is 63.1 Å². The van der Waals surface area contributed by atoms with Crippen molar-refractivity contribution in [3.8, 4) is 11.5 Å². The van der Waals surface area contributed by atoms with Gasteiger partial charge in [-0.25, -0.2) is 4.79 Å². The van der Waals surface area contributed by atoms with E-state index in [2.05, 4.69) is 4.90 Å². The van der Waals surface area contributed by atoms with Crippen LogP contribution in [0, 0.1) is 10.1 Å². The van der Waals surface area contributed by atoms with Crippen LogP contribution >= 0.6 is 0 Å². The number of benzene rings is 2. The Morgan fingerprint density at radius 2 is 1.40 bits per heavy atom. The van der Waals surface area contributed by atoms with E-state index in [1.54, 1.807) is 37.8 Å². The van der Waals surface area contributed by atoms with Crippen LogP contribution in [0.2, 0.25) is 0 Å². The second-order valence-electron chi connectivity index (χ2n) is 10.3. The summed E-state index contributed by atoms with van der Waals surface area (Å²) in [5, 5.41) is 18.1. The van der Waals surface area contributed by atoms with Crippen LogP contribution in [0.15, 0.2) is 36.4 Å². The van der Waals surface area contributed by atoms with Crippen molar-refractivity contribution in [2.24, 2.45) is 0 Å². The molecule has 2 aromatic rings. The first-order chi connectivity index (χ1) is 21.8. The average Bonchev–Trinajstić information content (AvgIpc) is 2.98. The maximum absolute atomic E-state index is 12.1. The van der Waals surface area contributed by atoms with Crippen LogP contribution in [0.5, 0.6) is 11.5 Å². The van der Waals surface area contributed by atoms with E-state index >= 15 is 0 Å². The van der Waals surface area contributed by atoms with Crippen molar-refractivity contribution >= 4 is 28.8 Å². The summed E-state index contributed by atoms with van der Waals surface area (Å²) in [6.07, 6.45) is 3.20. The van der Waals surface area contributed by atoms with E-state index < -0.39 is 36.4 Å². The number of rotatable bonds is 5. The second-order valence-corrected chi connectivity index (χ2v) is 10.3. The molecular weight excluding hydrogens is 554 g/mol. The van der Waals surface area contributed by atoms with Gasteiger partial charge in [0.2, 0.25) is 0 Å². The van der Waals surface area contributed by atoms with Crippen LogP contribution in [0.3, 0.4) is 0 Å². The summed E-state index contributed by atoms with van der Waals surface area (Å²) in [6.45, 7) is 9.17. The first kappa shape index (κ1) is 29.2. The molecule has 244 valence electrons. The molecule has 2 aliphatic rings. The number of carbonyl (C=O) groups is 1.